The number of carboxylic acids is 1. The largest absolute Gasteiger partial charge is 0.479 e. The second-order valence-electron chi connectivity index (χ2n) is 1.74. The van der Waals surface area contributed by atoms with Crippen LogP contribution in [-0.2, 0) is 19.2 Å². The molecule has 0 saturated carbocycles. The zero-order valence-corrected chi connectivity index (χ0v) is 5.81. The van der Waals surface area contributed by atoms with Gasteiger partial charge in [0.15, 0.2) is 12.7 Å². The van der Waals surface area contributed by atoms with Crippen LogP contribution in [0.1, 0.15) is 6.92 Å². The lowest BCUT2D eigenvalue weighted by Crippen LogP contribution is -2.25. The van der Waals surface area contributed by atoms with Gasteiger partial charge < -0.3 is 9.84 Å². The zero-order valence-electron chi connectivity index (χ0n) is 5.81. The van der Waals surface area contributed by atoms with Crippen molar-refractivity contribution < 1.29 is 29.6 Å². The zero-order chi connectivity index (χ0) is 8.85. The normalized spacial score (nSPS) is 12.2. The van der Waals surface area contributed by atoms with E-state index in [2.05, 4.69) is 9.62 Å². The Morgan fingerprint density at radius 2 is 2.09 bits per heavy atom. The summed E-state index contributed by atoms with van der Waals surface area (Å²) in [5, 5.41) is 16.0. The Morgan fingerprint density at radius 1 is 1.55 bits per heavy atom. The Bertz CT molecular complexity index is 153. The van der Waals surface area contributed by atoms with Gasteiger partial charge in [0.2, 0.25) is 0 Å². The van der Waals surface area contributed by atoms with Gasteiger partial charge in [0.05, 0.1) is 0 Å². The molecule has 0 aromatic rings. The van der Waals surface area contributed by atoms with Crippen LogP contribution in [-0.4, -0.2) is 35.0 Å². The number of carboxylic acid groups (broad SMARTS) is 1. The maximum Gasteiger partial charge on any atom is 0.344 e. The van der Waals surface area contributed by atoms with Gasteiger partial charge in [-0.1, -0.05) is 0 Å². The lowest BCUT2D eigenvalue weighted by Gasteiger charge is -2.06. The van der Waals surface area contributed by atoms with E-state index in [9.17, 15) is 9.59 Å². The first kappa shape index (κ1) is 9.86. The van der Waals surface area contributed by atoms with Crippen LogP contribution in [0.25, 0.3) is 0 Å². The minimum Gasteiger partial charge on any atom is -0.479 e. The molecule has 0 bridgehead atoms. The molecule has 6 nitrogen and oxygen atoms in total. The number of carbonyl (C=O) groups excluding carboxylic acids is 1. The molecule has 0 aliphatic carbocycles. The molecule has 0 aliphatic heterocycles. The standard InChI is InChI=1S/C5H8O6/c1-3(5(7)8)11-4(6)2-10-9/h3,9H,2H2,1H3,(H,7,8). The second kappa shape index (κ2) is 4.64. The van der Waals surface area contributed by atoms with Crippen LogP contribution < -0.4 is 0 Å². The highest BCUT2D eigenvalue weighted by atomic mass is 17.1. The third-order valence-electron chi connectivity index (χ3n) is 0.838. The first-order valence-electron chi connectivity index (χ1n) is 2.76. The lowest BCUT2D eigenvalue weighted by atomic mass is 10.4. The first-order valence-corrected chi connectivity index (χ1v) is 2.76. The van der Waals surface area contributed by atoms with E-state index in [4.69, 9.17) is 10.4 Å². The van der Waals surface area contributed by atoms with E-state index in [0.717, 1.165) is 0 Å². The summed E-state index contributed by atoms with van der Waals surface area (Å²) in [6.07, 6.45) is -1.22. The summed E-state index contributed by atoms with van der Waals surface area (Å²) in [6, 6.07) is 0. The minimum absolute atomic E-state index is 0.669. The number of carbonyl (C=O) groups is 2. The van der Waals surface area contributed by atoms with Gasteiger partial charge in [0.1, 0.15) is 0 Å². The van der Waals surface area contributed by atoms with Crippen molar-refractivity contribution in [2.45, 2.75) is 13.0 Å². The fourth-order valence-corrected chi connectivity index (χ4v) is 0.334. The van der Waals surface area contributed by atoms with E-state index in [1.54, 1.807) is 0 Å². The molecule has 0 saturated heterocycles. The van der Waals surface area contributed by atoms with Crippen molar-refractivity contribution in [1.29, 1.82) is 0 Å². The van der Waals surface area contributed by atoms with Gasteiger partial charge in [0, 0.05) is 0 Å². The molecule has 0 aromatic heterocycles. The van der Waals surface area contributed by atoms with Gasteiger partial charge in [-0.25, -0.2) is 14.5 Å². The fourth-order valence-electron chi connectivity index (χ4n) is 0.334. The molecular weight excluding hydrogens is 156 g/mol. The van der Waals surface area contributed by atoms with Crippen LogP contribution in [0.4, 0.5) is 0 Å². The summed E-state index contributed by atoms with van der Waals surface area (Å²) in [7, 11) is 0. The summed E-state index contributed by atoms with van der Waals surface area (Å²) in [4.78, 5) is 23.9. The van der Waals surface area contributed by atoms with Crippen LogP contribution in [0.5, 0.6) is 0 Å². The topological polar surface area (TPSA) is 93.1 Å². The molecule has 0 spiro atoms. The fraction of sp³-hybridized carbons (Fsp3) is 0.600. The maximum absolute atomic E-state index is 10.4. The Labute approximate surface area is 62.3 Å². The second-order valence-corrected chi connectivity index (χ2v) is 1.74. The highest BCUT2D eigenvalue weighted by Crippen LogP contribution is 1.91. The lowest BCUT2D eigenvalue weighted by molar-refractivity contribution is -0.246. The quantitative estimate of drug-likeness (QED) is 0.330. The summed E-state index contributed by atoms with van der Waals surface area (Å²) in [5.74, 6) is -2.18. The van der Waals surface area contributed by atoms with Gasteiger partial charge in [-0.2, -0.15) is 0 Å². The van der Waals surface area contributed by atoms with Crippen LogP contribution >= 0.6 is 0 Å². The smallest absolute Gasteiger partial charge is 0.344 e. The number of esters is 1. The van der Waals surface area contributed by atoms with Crippen LogP contribution in [0.2, 0.25) is 0 Å². The molecule has 1 unspecified atom stereocenters. The molecule has 0 rings (SSSR count). The molecule has 0 fully saturated rings. The van der Waals surface area contributed by atoms with Gasteiger partial charge in [-0.15, -0.1) is 0 Å². The van der Waals surface area contributed by atoms with Gasteiger partial charge in [-0.05, 0) is 6.92 Å². The summed E-state index contributed by atoms with van der Waals surface area (Å²) < 4.78 is 4.23. The molecule has 1 atom stereocenters. The van der Waals surface area contributed by atoms with Crippen molar-refractivity contribution in [3.05, 3.63) is 0 Å². The van der Waals surface area contributed by atoms with Crippen molar-refractivity contribution >= 4 is 11.9 Å². The number of rotatable bonds is 4. The Kier molecular flexibility index (Phi) is 4.16. The third kappa shape index (κ3) is 4.29. The average molecular weight is 164 g/mol. The van der Waals surface area contributed by atoms with Crippen molar-refractivity contribution in [3.8, 4) is 0 Å². The Morgan fingerprint density at radius 3 is 2.45 bits per heavy atom. The van der Waals surface area contributed by atoms with Crippen molar-refractivity contribution in [2.24, 2.45) is 0 Å². The molecule has 0 amide bonds. The highest BCUT2D eigenvalue weighted by molar-refractivity contribution is 5.78. The number of hydrogen-bond donors (Lipinski definition) is 2. The van der Waals surface area contributed by atoms with Gasteiger partial charge >= 0.3 is 11.9 Å². The molecule has 0 heterocycles. The van der Waals surface area contributed by atoms with E-state index in [1.165, 1.54) is 6.92 Å². The van der Waals surface area contributed by atoms with Gasteiger partial charge in [-0.3, -0.25) is 5.26 Å². The monoisotopic (exact) mass is 164 g/mol. The Balaban J connectivity index is 3.66. The number of hydrogen-bond acceptors (Lipinski definition) is 5. The minimum atomic E-state index is -1.25. The molecule has 0 aromatic carbocycles. The molecule has 2 N–H and O–H groups in total. The predicted octanol–water partition coefficient (Wildman–Crippen LogP) is -0.508. The summed E-state index contributed by atoms with van der Waals surface area (Å²) in [5.41, 5.74) is 0. The maximum atomic E-state index is 10.4. The first-order chi connectivity index (χ1) is 5.07. The summed E-state index contributed by atoms with van der Waals surface area (Å²) >= 11 is 0. The molecule has 0 radical (unpaired) electrons. The van der Waals surface area contributed by atoms with Gasteiger partial charge in [0.25, 0.3) is 0 Å². The van der Waals surface area contributed by atoms with Crippen LogP contribution in [0.15, 0.2) is 0 Å². The molecule has 64 valence electrons. The van der Waals surface area contributed by atoms with Crippen molar-refractivity contribution in [1.82, 2.24) is 0 Å². The number of ether oxygens (including phenoxy) is 1. The van der Waals surface area contributed by atoms with Crippen LogP contribution in [0, 0.1) is 0 Å². The molecule has 11 heavy (non-hydrogen) atoms. The molecule has 6 heteroatoms. The number of aliphatic carboxylic acids is 1. The van der Waals surface area contributed by atoms with E-state index >= 15 is 0 Å². The van der Waals surface area contributed by atoms with Crippen LogP contribution in [0.3, 0.4) is 0 Å². The molecule has 0 aliphatic rings. The van der Waals surface area contributed by atoms with E-state index < -0.39 is 24.6 Å². The third-order valence-corrected chi connectivity index (χ3v) is 0.838. The average Bonchev–Trinajstić information content (AvgIpc) is 1.87. The van der Waals surface area contributed by atoms with E-state index in [-0.39, 0.29) is 0 Å². The van der Waals surface area contributed by atoms with Crippen molar-refractivity contribution in [2.75, 3.05) is 6.61 Å². The van der Waals surface area contributed by atoms with Crippen molar-refractivity contribution in [3.63, 3.8) is 0 Å². The molecular formula is C5H8O6. The SMILES string of the molecule is CC(OC(=O)COO)C(=O)O. The van der Waals surface area contributed by atoms with E-state index in [0.29, 0.717) is 0 Å². The van der Waals surface area contributed by atoms with E-state index in [1.807, 2.05) is 0 Å². The Hall–Kier alpha value is -1.14. The highest BCUT2D eigenvalue weighted by Gasteiger charge is 2.15. The summed E-state index contributed by atoms with van der Waals surface area (Å²) in [6.45, 7) is 0.523. The predicted molar refractivity (Wildman–Crippen MR) is 31.8 cm³/mol.